The Morgan fingerprint density at radius 1 is 1.04 bits per heavy atom. The average Bonchev–Trinajstić information content (AvgIpc) is 3.09. The van der Waals surface area contributed by atoms with Gasteiger partial charge in [0, 0.05) is 10.9 Å². The van der Waals surface area contributed by atoms with Gasteiger partial charge in [0.25, 0.3) is 0 Å². The predicted octanol–water partition coefficient (Wildman–Crippen LogP) is 3.55. The van der Waals surface area contributed by atoms with Crippen molar-refractivity contribution in [3.8, 4) is 0 Å². The first kappa shape index (κ1) is 15.6. The van der Waals surface area contributed by atoms with Crippen molar-refractivity contribution in [2.75, 3.05) is 0 Å². The monoisotopic (exact) mass is 330 g/mol. The quantitative estimate of drug-likeness (QED) is 0.778. The number of benzene rings is 2. The van der Waals surface area contributed by atoms with Crippen LogP contribution in [0.15, 0.2) is 61.2 Å². The average molecular weight is 331 g/mol. The second-order valence-corrected chi connectivity index (χ2v) is 5.76. The molecule has 0 saturated carbocycles. The Hall–Kier alpha value is -2.24. The molecule has 0 aliphatic rings. The molecule has 6 heteroatoms. The summed E-state index contributed by atoms with van der Waals surface area (Å²) in [6, 6.07) is 14.0. The van der Waals surface area contributed by atoms with Crippen LogP contribution in [-0.2, 0) is 6.42 Å². The number of aromatic nitrogens is 3. The minimum atomic E-state index is -0.383. The standard InChI is InChI=1S/C17H16ClFN4/c18-16-4-2-1-3-13(16)9-15(12-5-7-14(19)8-6-12)17(20)23-10-21-22-11-23/h1-8,10-11,15,17H,9,20H2. The van der Waals surface area contributed by atoms with Gasteiger partial charge in [0.1, 0.15) is 18.5 Å². The van der Waals surface area contributed by atoms with Crippen LogP contribution >= 0.6 is 11.6 Å². The normalized spacial score (nSPS) is 13.7. The van der Waals surface area contributed by atoms with Crippen LogP contribution in [-0.4, -0.2) is 14.8 Å². The van der Waals surface area contributed by atoms with Gasteiger partial charge in [0.2, 0.25) is 0 Å². The van der Waals surface area contributed by atoms with E-state index in [1.54, 1.807) is 29.4 Å². The Morgan fingerprint density at radius 3 is 2.35 bits per heavy atom. The fraction of sp³-hybridized carbons (Fsp3) is 0.176. The van der Waals surface area contributed by atoms with Gasteiger partial charge in [-0.3, -0.25) is 0 Å². The van der Waals surface area contributed by atoms with Crippen LogP contribution in [0.5, 0.6) is 0 Å². The van der Waals surface area contributed by atoms with Gasteiger partial charge in [-0.15, -0.1) is 10.2 Å². The Kier molecular flexibility index (Phi) is 4.69. The van der Waals surface area contributed by atoms with E-state index in [1.165, 1.54) is 12.1 Å². The topological polar surface area (TPSA) is 56.7 Å². The molecule has 23 heavy (non-hydrogen) atoms. The molecule has 2 N–H and O–H groups in total. The fourth-order valence-corrected chi connectivity index (χ4v) is 2.83. The predicted molar refractivity (Wildman–Crippen MR) is 87.5 cm³/mol. The summed E-state index contributed by atoms with van der Waals surface area (Å²) in [5.41, 5.74) is 8.33. The van der Waals surface area contributed by atoms with Crippen LogP contribution in [0.1, 0.15) is 23.2 Å². The molecule has 1 aromatic heterocycles. The second kappa shape index (κ2) is 6.89. The third kappa shape index (κ3) is 3.57. The van der Waals surface area contributed by atoms with E-state index in [0.29, 0.717) is 11.4 Å². The summed E-state index contributed by atoms with van der Waals surface area (Å²) in [6.07, 6.45) is 3.40. The van der Waals surface area contributed by atoms with Crippen molar-refractivity contribution >= 4 is 11.6 Å². The van der Waals surface area contributed by atoms with E-state index in [-0.39, 0.29) is 17.9 Å². The maximum Gasteiger partial charge on any atom is 0.123 e. The number of halogens is 2. The molecule has 0 radical (unpaired) electrons. The van der Waals surface area contributed by atoms with Crippen molar-refractivity contribution in [3.05, 3.63) is 83.2 Å². The van der Waals surface area contributed by atoms with E-state index in [2.05, 4.69) is 10.2 Å². The van der Waals surface area contributed by atoms with Crippen molar-refractivity contribution in [3.63, 3.8) is 0 Å². The van der Waals surface area contributed by atoms with Crippen molar-refractivity contribution in [1.29, 1.82) is 0 Å². The van der Waals surface area contributed by atoms with E-state index in [4.69, 9.17) is 17.3 Å². The highest BCUT2D eigenvalue weighted by Crippen LogP contribution is 2.31. The van der Waals surface area contributed by atoms with Crippen LogP contribution in [0.2, 0.25) is 5.02 Å². The zero-order valence-corrected chi connectivity index (χ0v) is 13.1. The lowest BCUT2D eigenvalue weighted by atomic mass is 9.89. The molecule has 2 unspecified atom stereocenters. The van der Waals surface area contributed by atoms with Crippen LogP contribution < -0.4 is 5.73 Å². The second-order valence-electron chi connectivity index (χ2n) is 5.35. The molecular formula is C17H16ClFN4. The van der Waals surface area contributed by atoms with E-state index in [0.717, 1.165) is 11.1 Å². The molecule has 0 aliphatic carbocycles. The molecule has 2 atom stereocenters. The van der Waals surface area contributed by atoms with E-state index >= 15 is 0 Å². The smallest absolute Gasteiger partial charge is 0.123 e. The zero-order valence-electron chi connectivity index (χ0n) is 12.3. The number of nitrogens with zero attached hydrogens (tertiary/aromatic N) is 3. The SMILES string of the molecule is NC(C(Cc1ccccc1Cl)c1ccc(F)cc1)n1cnnc1. The van der Waals surface area contributed by atoms with Gasteiger partial charge in [0.05, 0.1) is 6.17 Å². The molecule has 2 aromatic carbocycles. The molecule has 0 fully saturated rings. The minimum absolute atomic E-state index is 0.0912. The first-order valence-corrected chi connectivity index (χ1v) is 7.61. The van der Waals surface area contributed by atoms with Gasteiger partial charge in [-0.1, -0.05) is 41.9 Å². The van der Waals surface area contributed by atoms with Crippen molar-refractivity contribution in [2.45, 2.75) is 18.5 Å². The maximum absolute atomic E-state index is 13.2. The maximum atomic E-state index is 13.2. The van der Waals surface area contributed by atoms with Gasteiger partial charge in [-0.25, -0.2) is 4.39 Å². The fourth-order valence-electron chi connectivity index (χ4n) is 2.62. The molecule has 0 aliphatic heterocycles. The molecule has 118 valence electrons. The van der Waals surface area contributed by atoms with Crippen LogP contribution in [0.25, 0.3) is 0 Å². The summed E-state index contributed by atoms with van der Waals surface area (Å²) in [4.78, 5) is 0. The molecular weight excluding hydrogens is 315 g/mol. The molecule has 4 nitrogen and oxygen atoms in total. The zero-order chi connectivity index (χ0) is 16.2. The highest BCUT2D eigenvalue weighted by Gasteiger charge is 2.23. The lowest BCUT2D eigenvalue weighted by molar-refractivity contribution is 0.419. The lowest BCUT2D eigenvalue weighted by Gasteiger charge is -2.25. The van der Waals surface area contributed by atoms with Gasteiger partial charge in [-0.2, -0.15) is 0 Å². The Balaban J connectivity index is 1.96. The number of hydrogen-bond donors (Lipinski definition) is 1. The van der Waals surface area contributed by atoms with Crippen molar-refractivity contribution in [2.24, 2.45) is 5.73 Å². The molecule has 1 heterocycles. The Bertz CT molecular complexity index is 759. The number of rotatable bonds is 5. The Morgan fingerprint density at radius 2 is 1.70 bits per heavy atom. The van der Waals surface area contributed by atoms with Gasteiger partial charge >= 0.3 is 0 Å². The third-order valence-electron chi connectivity index (χ3n) is 3.89. The summed E-state index contributed by atoms with van der Waals surface area (Å²) >= 11 is 6.28. The summed E-state index contributed by atoms with van der Waals surface area (Å²) in [6.45, 7) is 0. The first-order valence-electron chi connectivity index (χ1n) is 7.23. The lowest BCUT2D eigenvalue weighted by Crippen LogP contribution is -2.27. The highest BCUT2D eigenvalue weighted by atomic mass is 35.5. The summed E-state index contributed by atoms with van der Waals surface area (Å²) in [5.74, 6) is -0.366. The molecule has 3 aromatic rings. The molecule has 0 amide bonds. The molecule has 3 rings (SSSR count). The third-order valence-corrected chi connectivity index (χ3v) is 4.26. The van der Waals surface area contributed by atoms with E-state index in [9.17, 15) is 4.39 Å². The molecule has 0 bridgehead atoms. The van der Waals surface area contributed by atoms with Crippen LogP contribution in [0.3, 0.4) is 0 Å². The summed E-state index contributed by atoms with van der Waals surface area (Å²) in [7, 11) is 0. The number of hydrogen-bond acceptors (Lipinski definition) is 3. The van der Waals surface area contributed by atoms with E-state index < -0.39 is 0 Å². The molecule has 0 spiro atoms. The first-order chi connectivity index (χ1) is 11.1. The summed E-state index contributed by atoms with van der Waals surface area (Å²) < 4.78 is 15.0. The van der Waals surface area contributed by atoms with Crippen LogP contribution in [0, 0.1) is 5.82 Å². The number of nitrogens with two attached hydrogens (primary N) is 1. The largest absolute Gasteiger partial charge is 0.310 e. The van der Waals surface area contributed by atoms with Crippen LogP contribution in [0.4, 0.5) is 4.39 Å². The van der Waals surface area contributed by atoms with Crippen molar-refractivity contribution < 1.29 is 4.39 Å². The highest BCUT2D eigenvalue weighted by molar-refractivity contribution is 6.31. The van der Waals surface area contributed by atoms with Gasteiger partial charge in [0.15, 0.2) is 0 Å². The van der Waals surface area contributed by atoms with Gasteiger partial charge < -0.3 is 10.3 Å². The van der Waals surface area contributed by atoms with E-state index in [1.807, 2.05) is 24.3 Å². The summed E-state index contributed by atoms with van der Waals surface area (Å²) in [5, 5.41) is 8.30. The molecule has 0 saturated heterocycles. The Labute approximate surface area is 138 Å². The van der Waals surface area contributed by atoms with Gasteiger partial charge in [-0.05, 0) is 35.7 Å². The minimum Gasteiger partial charge on any atom is -0.310 e. The van der Waals surface area contributed by atoms with Crippen molar-refractivity contribution in [1.82, 2.24) is 14.8 Å².